The molecule has 1 aromatic carbocycles. The second kappa shape index (κ2) is 5.14. The molecule has 0 saturated carbocycles. The lowest BCUT2D eigenvalue weighted by atomic mass is 10.1. The van der Waals surface area contributed by atoms with Gasteiger partial charge in [0.15, 0.2) is 0 Å². The van der Waals surface area contributed by atoms with Gasteiger partial charge in [-0.05, 0) is 23.3 Å². The highest BCUT2D eigenvalue weighted by molar-refractivity contribution is 5.65. The number of hydrogen-bond donors (Lipinski definition) is 2. The van der Waals surface area contributed by atoms with Crippen LogP contribution < -0.4 is 5.32 Å². The highest BCUT2D eigenvalue weighted by Crippen LogP contribution is 2.18. The molecule has 0 aliphatic carbocycles. The fourth-order valence-corrected chi connectivity index (χ4v) is 1.96. The minimum atomic E-state index is 0.305. The van der Waals surface area contributed by atoms with Crippen LogP contribution in [0.15, 0.2) is 30.8 Å². The van der Waals surface area contributed by atoms with Crippen LogP contribution in [0.4, 0.5) is 0 Å². The van der Waals surface area contributed by atoms with E-state index in [1.807, 2.05) is 12.1 Å². The molecule has 1 aromatic rings. The number of nitrogens with zero attached hydrogens (tertiary/aromatic N) is 1. The van der Waals surface area contributed by atoms with Crippen molar-refractivity contribution in [2.75, 3.05) is 32.7 Å². The Morgan fingerprint density at radius 3 is 2.81 bits per heavy atom. The fourth-order valence-electron chi connectivity index (χ4n) is 1.96. The summed E-state index contributed by atoms with van der Waals surface area (Å²) < 4.78 is 0. The lowest BCUT2D eigenvalue weighted by molar-refractivity contribution is 0.268. The Labute approximate surface area is 96.4 Å². The Morgan fingerprint density at radius 2 is 2.12 bits per heavy atom. The van der Waals surface area contributed by atoms with Crippen LogP contribution in [0.1, 0.15) is 5.56 Å². The van der Waals surface area contributed by atoms with E-state index in [4.69, 9.17) is 0 Å². The predicted molar refractivity (Wildman–Crippen MR) is 66.5 cm³/mol. The predicted octanol–water partition coefficient (Wildman–Crippen LogP) is 1.31. The first-order valence-corrected chi connectivity index (χ1v) is 5.66. The van der Waals surface area contributed by atoms with Gasteiger partial charge in [0, 0.05) is 32.7 Å². The Morgan fingerprint density at radius 1 is 1.38 bits per heavy atom. The van der Waals surface area contributed by atoms with E-state index < -0.39 is 0 Å². The molecule has 0 radical (unpaired) electrons. The quantitative estimate of drug-likeness (QED) is 0.803. The topological polar surface area (TPSA) is 35.5 Å². The van der Waals surface area contributed by atoms with E-state index in [9.17, 15) is 5.11 Å². The molecule has 2 rings (SSSR count). The van der Waals surface area contributed by atoms with Gasteiger partial charge in [-0.25, -0.2) is 0 Å². The van der Waals surface area contributed by atoms with E-state index in [0.717, 1.165) is 43.9 Å². The first-order chi connectivity index (χ1) is 7.75. The molecular weight excluding hydrogens is 200 g/mol. The number of hydrogen-bond acceptors (Lipinski definition) is 3. The van der Waals surface area contributed by atoms with Crippen molar-refractivity contribution < 1.29 is 5.11 Å². The van der Waals surface area contributed by atoms with Crippen LogP contribution in [0.25, 0.3) is 5.57 Å². The molecule has 3 nitrogen and oxygen atoms in total. The number of phenolic OH excluding ortho intramolecular Hbond substituents is 1. The van der Waals surface area contributed by atoms with Gasteiger partial charge in [-0.1, -0.05) is 18.7 Å². The number of nitrogens with one attached hydrogen (secondary N) is 1. The van der Waals surface area contributed by atoms with Gasteiger partial charge in [-0.15, -0.1) is 0 Å². The van der Waals surface area contributed by atoms with Crippen molar-refractivity contribution in [1.82, 2.24) is 10.2 Å². The Bertz CT molecular complexity index is 370. The van der Waals surface area contributed by atoms with Crippen molar-refractivity contribution in [1.29, 1.82) is 0 Å². The zero-order chi connectivity index (χ0) is 11.4. The normalized spacial score (nSPS) is 17.2. The molecule has 0 bridgehead atoms. The van der Waals surface area contributed by atoms with Gasteiger partial charge in [-0.3, -0.25) is 4.90 Å². The summed E-state index contributed by atoms with van der Waals surface area (Å²) >= 11 is 0. The summed E-state index contributed by atoms with van der Waals surface area (Å²) in [6.07, 6.45) is 0. The first-order valence-electron chi connectivity index (χ1n) is 5.66. The molecule has 0 unspecified atom stereocenters. The third kappa shape index (κ3) is 2.84. The van der Waals surface area contributed by atoms with Crippen LogP contribution in [-0.4, -0.2) is 42.7 Å². The largest absolute Gasteiger partial charge is 0.508 e. The summed E-state index contributed by atoms with van der Waals surface area (Å²) in [5.41, 5.74) is 2.09. The van der Waals surface area contributed by atoms with Crippen LogP contribution in [0.2, 0.25) is 0 Å². The van der Waals surface area contributed by atoms with Crippen LogP contribution in [-0.2, 0) is 0 Å². The van der Waals surface area contributed by atoms with Gasteiger partial charge >= 0.3 is 0 Å². The van der Waals surface area contributed by atoms with Crippen molar-refractivity contribution >= 4 is 5.57 Å². The molecule has 1 fully saturated rings. The molecule has 1 saturated heterocycles. The van der Waals surface area contributed by atoms with E-state index in [1.54, 1.807) is 12.1 Å². The molecule has 1 heterocycles. The molecule has 2 N–H and O–H groups in total. The molecule has 16 heavy (non-hydrogen) atoms. The number of rotatable bonds is 3. The lowest BCUT2D eigenvalue weighted by Gasteiger charge is -2.27. The number of aromatic hydroxyl groups is 1. The summed E-state index contributed by atoms with van der Waals surface area (Å²) in [6, 6.07) is 7.30. The number of phenols is 1. The van der Waals surface area contributed by atoms with Gasteiger partial charge in [-0.2, -0.15) is 0 Å². The smallest absolute Gasteiger partial charge is 0.116 e. The van der Waals surface area contributed by atoms with Crippen molar-refractivity contribution in [3.05, 3.63) is 36.4 Å². The van der Waals surface area contributed by atoms with E-state index in [2.05, 4.69) is 16.8 Å². The molecular formula is C13H18N2O. The van der Waals surface area contributed by atoms with E-state index in [-0.39, 0.29) is 0 Å². The average Bonchev–Trinajstić information content (AvgIpc) is 2.30. The third-order valence-corrected chi connectivity index (χ3v) is 2.88. The van der Waals surface area contributed by atoms with Gasteiger partial charge in [0.2, 0.25) is 0 Å². The third-order valence-electron chi connectivity index (χ3n) is 2.88. The van der Waals surface area contributed by atoms with Crippen LogP contribution in [0.3, 0.4) is 0 Å². The molecule has 0 atom stereocenters. The number of piperazine rings is 1. The Balaban J connectivity index is 1.97. The summed E-state index contributed by atoms with van der Waals surface area (Å²) in [6.45, 7) is 9.20. The van der Waals surface area contributed by atoms with Crippen molar-refractivity contribution in [3.8, 4) is 5.75 Å². The number of benzene rings is 1. The van der Waals surface area contributed by atoms with Crippen molar-refractivity contribution in [3.63, 3.8) is 0 Å². The molecule has 0 amide bonds. The summed E-state index contributed by atoms with van der Waals surface area (Å²) in [5.74, 6) is 0.305. The lowest BCUT2D eigenvalue weighted by Crippen LogP contribution is -2.43. The first kappa shape index (κ1) is 11.2. The maximum Gasteiger partial charge on any atom is 0.116 e. The van der Waals surface area contributed by atoms with E-state index >= 15 is 0 Å². The second-order valence-electron chi connectivity index (χ2n) is 4.18. The maximum atomic E-state index is 9.40. The van der Waals surface area contributed by atoms with Crippen LogP contribution >= 0.6 is 0 Å². The standard InChI is InChI=1S/C13H18N2O/c1-11(10-15-7-5-14-6-8-15)12-3-2-4-13(16)9-12/h2-4,9,14,16H,1,5-8,10H2. The summed E-state index contributed by atoms with van der Waals surface area (Å²) in [7, 11) is 0. The van der Waals surface area contributed by atoms with E-state index in [1.165, 1.54) is 0 Å². The zero-order valence-corrected chi connectivity index (χ0v) is 9.45. The Hall–Kier alpha value is -1.32. The summed E-state index contributed by atoms with van der Waals surface area (Å²) in [4.78, 5) is 2.38. The van der Waals surface area contributed by atoms with Gasteiger partial charge in [0.1, 0.15) is 5.75 Å². The van der Waals surface area contributed by atoms with Gasteiger partial charge < -0.3 is 10.4 Å². The minimum Gasteiger partial charge on any atom is -0.508 e. The zero-order valence-electron chi connectivity index (χ0n) is 9.45. The summed E-state index contributed by atoms with van der Waals surface area (Å²) in [5, 5.41) is 12.7. The fraction of sp³-hybridized carbons (Fsp3) is 0.385. The molecule has 0 spiro atoms. The highest BCUT2D eigenvalue weighted by atomic mass is 16.3. The van der Waals surface area contributed by atoms with E-state index in [0.29, 0.717) is 5.75 Å². The SMILES string of the molecule is C=C(CN1CCNCC1)c1cccc(O)c1. The maximum absolute atomic E-state index is 9.40. The molecule has 1 aliphatic heterocycles. The van der Waals surface area contributed by atoms with Gasteiger partial charge in [0.25, 0.3) is 0 Å². The molecule has 3 heteroatoms. The van der Waals surface area contributed by atoms with Crippen LogP contribution in [0, 0.1) is 0 Å². The molecule has 86 valence electrons. The monoisotopic (exact) mass is 218 g/mol. The van der Waals surface area contributed by atoms with Gasteiger partial charge in [0.05, 0.1) is 0 Å². The van der Waals surface area contributed by atoms with Crippen molar-refractivity contribution in [2.24, 2.45) is 0 Å². The Kier molecular flexibility index (Phi) is 3.59. The minimum absolute atomic E-state index is 0.305. The highest BCUT2D eigenvalue weighted by Gasteiger charge is 2.11. The van der Waals surface area contributed by atoms with Crippen molar-refractivity contribution in [2.45, 2.75) is 0 Å². The average molecular weight is 218 g/mol. The molecule has 1 aliphatic rings. The second-order valence-corrected chi connectivity index (χ2v) is 4.18. The van der Waals surface area contributed by atoms with Crippen LogP contribution in [0.5, 0.6) is 5.75 Å². The molecule has 0 aromatic heterocycles.